The molecule has 2 amide bonds. The number of imide groups is 1. The first kappa shape index (κ1) is 35.0. The predicted octanol–water partition coefficient (Wildman–Crippen LogP) is 4.30. The second-order valence-electron chi connectivity index (χ2n) is 14.1. The van der Waals surface area contributed by atoms with E-state index >= 15 is 0 Å². The fourth-order valence-corrected chi connectivity index (χ4v) is 7.46. The van der Waals surface area contributed by atoms with Crippen molar-refractivity contribution in [3.8, 4) is 0 Å². The van der Waals surface area contributed by atoms with Gasteiger partial charge in [-0.25, -0.2) is 4.98 Å². The van der Waals surface area contributed by atoms with E-state index in [1.54, 1.807) is 24.3 Å². The van der Waals surface area contributed by atoms with Gasteiger partial charge in [-0.3, -0.25) is 19.2 Å². The summed E-state index contributed by atoms with van der Waals surface area (Å²) in [5, 5.41) is 24.0. The van der Waals surface area contributed by atoms with Crippen LogP contribution in [0.25, 0.3) is 10.9 Å². The highest BCUT2D eigenvalue weighted by molar-refractivity contribution is 6.21. The van der Waals surface area contributed by atoms with E-state index in [1.807, 2.05) is 35.1 Å². The Morgan fingerprint density at radius 3 is 2.29 bits per heavy atom. The number of fused-ring (bicyclic) bond motifs is 2. The highest BCUT2D eigenvalue weighted by Gasteiger charge is 2.35. The number of hydrogen-bond acceptors (Lipinski definition) is 11. The van der Waals surface area contributed by atoms with Crippen LogP contribution in [0.3, 0.4) is 0 Å². The number of likely N-dealkylation sites (tertiary alicyclic amines) is 1. The van der Waals surface area contributed by atoms with Crippen LogP contribution in [0, 0.1) is 0 Å². The third kappa shape index (κ3) is 9.07. The molecule has 4 N–H and O–H groups in total. The number of hydrogen-bond donors (Lipinski definition) is 4. The first-order chi connectivity index (χ1) is 25.1. The summed E-state index contributed by atoms with van der Waals surface area (Å²) < 4.78 is 1.91. The number of carbonyl (C=O) groups is 2. The monoisotopic (exact) mass is 693 g/mol. The number of benzene rings is 2. The summed E-state index contributed by atoms with van der Waals surface area (Å²) in [6.45, 7) is 7.22. The standard InChI is InChI=1S/C38H51N11O2/c50-36-31-12-4-5-13-32(31)37(51)49(36)25-24-47-22-16-29(17-23-47)42-35-33-14-6-7-15-34(33)43-38(44-35)41-26-30-27-48(46-45-30)21-9-19-39-18-8-20-40-28-10-2-1-3-11-28/h4-7,12-15,27-29,39-40H,1-3,8-11,16-26H2,(H2,41,42,43,44). The van der Waals surface area contributed by atoms with Crippen LogP contribution in [-0.2, 0) is 13.1 Å². The lowest BCUT2D eigenvalue weighted by Gasteiger charge is -2.33. The van der Waals surface area contributed by atoms with Gasteiger partial charge in [-0.15, -0.1) is 5.10 Å². The van der Waals surface area contributed by atoms with Gasteiger partial charge in [-0.2, -0.15) is 4.98 Å². The van der Waals surface area contributed by atoms with Crippen molar-refractivity contribution in [2.45, 2.75) is 83.0 Å². The molecule has 0 unspecified atom stereocenters. The summed E-state index contributed by atoms with van der Waals surface area (Å²) in [7, 11) is 0. The third-order valence-corrected chi connectivity index (χ3v) is 10.4. The molecule has 2 fully saturated rings. The van der Waals surface area contributed by atoms with Gasteiger partial charge in [0.25, 0.3) is 11.8 Å². The zero-order valence-electron chi connectivity index (χ0n) is 29.5. The fraction of sp³-hybridized carbons (Fsp3) is 0.526. The number of nitrogens with zero attached hydrogens (tertiary/aromatic N) is 7. The van der Waals surface area contributed by atoms with Crippen LogP contribution in [0.5, 0.6) is 0 Å². The van der Waals surface area contributed by atoms with Crippen molar-refractivity contribution < 1.29 is 9.59 Å². The summed E-state index contributed by atoms with van der Waals surface area (Å²) in [5.74, 6) is 0.978. The lowest BCUT2D eigenvalue weighted by Crippen LogP contribution is -2.44. The minimum Gasteiger partial charge on any atom is -0.367 e. The molecule has 51 heavy (non-hydrogen) atoms. The Labute approximate surface area is 300 Å². The number of amides is 2. The first-order valence-electron chi connectivity index (χ1n) is 18.9. The first-order valence-corrected chi connectivity index (χ1v) is 18.9. The summed E-state index contributed by atoms with van der Waals surface area (Å²) in [4.78, 5) is 38.9. The van der Waals surface area contributed by atoms with Gasteiger partial charge in [0.05, 0.1) is 29.4 Å². The molecule has 2 aliphatic heterocycles. The van der Waals surface area contributed by atoms with E-state index in [1.165, 1.54) is 37.0 Å². The Morgan fingerprint density at radius 2 is 1.49 bits per heavy atom. The Hall–Kier alpha value is -4.46. The molecule has 0 spiro atoms. The highest BCUT2D eigenvalue weighted by Crippen LogP contribution is 2.26. The molecule has 13 nitrogen and oxygen atoms in total. The van der Waals surface area contributed by atoms with E-state index in [9.17, 15) is 9.59 Å². The summed E-state index contributed by atoms with van der Waals surface area (Å²) in [6, 6.07) is 16.1. The number of piperidine rings is 1. The topological polar surface area (TPSA) is 145 Å². The molecule has 3 aliphatic rings. The molecular formula is C38H51N11O2. The number of anilines is 2. The van der Waals surface area contributed by atoms with Crippen LogP contribution in [-0.4, -0.2) is 104 Å². The molecule has 4 aromatic rings. The van der Waals surface area contributed by atoms with Crippen LogP contribution in [0.1, 0.15) is 84.2 Å². The van der Waals surface area contributed by atoms with Gasteiger partial charge in [0.15, 0.2) is 0 Å². The molecule has 1 saturated heterocycles. The van der Waals surface area contributed by atoms with Crippen molar-refractivity contribution >= 4 is 34.5 Å². The van der Waals surface area contributed by atoms with Crippen LogP contribution in [0.2, 0.25) is 0 Å². The maximum absolute atomic E-state index is 12.8. The molecule has 4 heterocycles. The van der Waals surface area contributed by atoms with Crippen molar-refractivity contribution in [3.05, 3.63) is 71.5 Å². The zero-order valence-corrected chi connectivity index (χ0v) is 29.5. The number of aryl methyl sites for hydroxylation is 1. The Kier molecular flexibility index (Phi) is 11.8. The maximum atomic E-state index is 12.8. The van der Waals surface area contributed by atoms with Crippen LogP contribution in [0.15, 0.2) is 54.7 Å². The highest BCUT2D eigenvalue weighted by atomic mass is 16.2. The fourth-order valence-electron chi connectivity index (χ4n) is 7.46. The summed E-state index contributed by atoms with van der Waals surface area (Å²) >= 11 is 0. The van der Waals surface area contributed by atoms with E-state index < -0.39 is 0 Å². The van der Waals surface area contributed by atoms with Gasteiger partial charge in [-0.1, -0.05) is 48.7 Å². The number of nitrogens with one attached hydrogen (secondary N) is 4. The lowest BCUT2D eigenvalue weighted by molar-refractivity contribution is 0.0630. The molecular weight excluding hydrogens is 642 g/mol. The average molecular weight is 694 g/mol. The normalized spacial score (nSPS) is 17.4. The Balaban J connectivity index is 0.837. The van der Waals surface area contributed by atoms with E-state index in [2.05, 4.69) is 36.5 Å². The molecule has 13 heteroatoms. The molecule has 1 aliphatic carbocycles. The lowest BCUT2D eigenvalue weighted by atomic mass is 9.95. The minimum absolute atomic E-state index is 0.191. The minimum atomic E-state index is -0.191. The number of para-hydroxylation sites is 1. The van der Waals surface area contributed by atoms with Gasteiger partial charge in [0.2, 0.25) is 5.95 Å². The molecule has 2 aromatic heterocycles. The SMILES string of the molecule is O=C1c2ccccc2C(=O)N1CCN1CCC(Nc2nc(NCc3cn(CCCNCCCNC4CCCCC4)nn3)nc3ccccc23)CC1. The quantitative estimate of drug-likeness (QED) is 0.0928. The molecule has 270 valence electrons. The van der Waals surface area contributed by atoms with E-state index in [-0.39, 0.29) is 17.9 Å². The van der Waals surface area contributed by atoms with Gasteiger partial charge in [0.1, 0.15) is 11.5 Å². The summed E-state index contributed by atoms with van der Waals surface area (Å²) in [5.41, 5.74) is 2.72. The summed E-state index contributed by atoms with van der Waals surface area (Å²) in [6.07, 6.45) is 12.8. The Morgan fingerprint density at radius 1 is 0.745 bits per heavy atom. The largest absolute Gasteiger partial charge is 0.367 e. The van der Waals surface area contributed by atoms with Gasteiger partial charge in [0, 0.05) is 50.2 Å². The zero-order chi connectivity index (χ0) is 34.8. The van der Waals surface area contributed by atoms with Gasteiger partial charge >= 0.3 is 0 Å². The number of aromatic nitrogens is 5. The molecule has 0 radical (unpaired) electrons. The van der Waals surface area contributed by atoms with Crippen molar-refractivity contribution in [2.75, 3.05) is 56.4 Å². The number of carbonyl (C=O) groups excluding carboxylic acids is 2. The average Bonchev–Trinajstić information content (AvgIpc) is 3.73. The van der Waals surface area contributed by atoms with Crippen molar-refractivity contribution in [1.82, 2.24) is 45.4 Å². The Bertz CT molecular complexity index is 1730. The van der Waals surface area contributed by atoms with Gasteiger partial charge < -0.3 is 26.2 Å². The van der Waals surface area contributed by atoms with Crippen LogP contribution in [0.4, 0.5) is 11.8 Å². The second-order valence-corrected chi connectivity index (χ2v) is 14.1. The second kappa shape index (κ2) is 17.2. The predicted molar refractivity (Wildman–Crippen MR) is 199 cm³/mol. The molecule has 2 aromatic carbocycles. The van der Waals surface area contributed by atoms with Crippen LogP contribution < -0.4 is 21.3 Å². The van der Waals surface area contributed by atoms with Crippen LogP contribution >= 0.6 is 0 Å². The molecule has 1 saturated carbocycles. The molecule has 0 bridgehead atoms. The van der Waals surface area contributed by atoms with Crippen molar-refractivity contribution in [1.29, 1.82) is 0 Å². The van der Waals surface area contributed by atoms with Gasteiger partial charge in [-0.05, 0) is 82.4 Å². The van der Waals surface area contributed by atoms with E-state index in [4.69, 9.17) is 9.97 Å². The maximum Gasteiger partial charge on any atom is 0.261 e. The molecule has 7 rings (SSSR count). The van der Waals surface area contributed by atoms with Crippen molar-refractivity contribution in [3.63, 3.8) is 0 Å². The molecule has 0 atom stereocenters. The smallest absolute Gasteiger partial charge is 0.261 e. The van der Waals surface area contributed by atoms with E-state index in [0.717, 1.165) is 93.4 Å². The van der Waals surface area contributed by atoms with E-state index in [0.29, 0.717) is 36.7 Å². The number of rotatable bonds is 17. The van der Waals surface area contributed by atoms with Crippen molar-refractivity contribution in [2.24, 2.45) is 0 Å². The third-order valence-electron chi connectivity index (χ3n) is 10.4.